The topological polar surface area (TPSA) is 3.24 Å². The Kier molecular flexibility index (Phi) is 2.37. The van der Waals surface area contributed by atoms with Crippen molar-refractivity contribution in [2.45, 2.75) is 13.0 Å². The van der Waals surface area contributed by atoms with Crippen molar-refractivity contribution in [2.75, 3.05) is 13.6 Å². The van der Waals surface area contributed by atoms with Crippen molar-refractivity contribution in [2.24, 2.45) is 0 Å². The average molecular weight is 273 g/mol. The molecule has 2 heteroatoms. The highest BCUT2D eigenvalue weighted by molar-refractivity contribution is 14.1. The van der Waals surface area contributed by atoms with Crippen molar-refractivity contribution < 1.29 is 0 Å². The van der Waals surface area contributed by atoms with Crippen LogP contribution < -0.4 is 0 Å². The molecule has 0 aliphatic carbocycles. The molecule has 0 aromatic heterocycles. The van der Waals surface area contributed by atoms with Gasteiger partial charge in [0.2, 0.25) is 0 Å². The van der Waals surface area contributed by atoms with E-state index in [2.05, 4.69) is 52.7 Å². The van der Waals surface area contributed by atoms with Gasteiger partial charge in [-0.2, -0.15) is 0 Å². The first-order valence-corrected chi connectivity index (χ1v) is 5.29. The molecule has 0 bridgehead atoms. The zero-order chi connectivity index (χ0) is 8.55. The van der Waals surface area contributed by atoms with Gasteiger partial charge in [-0.1, -0.05) is 6.07 Å². The number of likely N-dealkylation sites (N-methyl/N-ethyl adjacent to an activating group) is 1. The third-order valence-electron chi connectivity index (χ3n) is 2.37. The van der Waals surface area contributed by atoms with Crippen LogP contribution in [0.15, 0.2) is 18.2 Å². The molecule has 0 amide bonds. The van der Waals surface area contributed by atoms with E-state index in [1.165, 1.54) is 27.7 Å². The van der Waals surface area contributed by atoms with Crippen LogP contribution in [0.2, 0.25) is 0 Å². The van der Waals surface area contributed by atoms with Gasteiger partial charge in [0, 0.05) is 16.7 Å². The molecule has 12 heavy (non-hydrogen) atoms. The highest BCUT2D eigenvalue weighted by Gasteiger charge is 2.12. The molecule has 1 heterocycles. The molecule has 1 aliphatic rings. The summed E-state index contributed by atoms with van der Waals surface area (Å²) in [7, 11) is 2.18. The van der Waals surface area contributed by atoms with Gasteiger partial charge in [-0.15, -0.1) is 0 Å². The highest BCUT2D eigenvalue weighted by atomic mass is 127. The van der Waals surface area contributed by atoms with E-state index in [-0.39, 0.29) is 0 Å². The maximum atomic E-state index is 2.37. The van der Waals surface area contributed by atoms with Crippen LogP contribution in [0.3, 0.4) is 0 Å². The minimum atomic E-state index is 1.12. The fraction of sp³-hybridized carbons (Fsp3) is 0.400. The molecule has 0 N–H and O–H groups in total. The standard InChI is InChI=1S/C10H12IN/c1-12-5-4-8-2-3-10(11)6-9(8)7-12/h2-3,6H,4-5,7H2,1H3. The molecule has 1 aromatic rings. The summed E-state index contributed by atoms with van der Waals surface area (Å²) < 4.78 is 1.35. The predicted octanol–water partition coefficient (Wildman–Crippen LogP) is 2.28. The lowest BCUT2D eigenvalue weighted by Crippen LogP contribution is -2.26. The molecular formula is C10H12IN. The van der Waals surface area contributed by atoms with Gasteiger partial charge in [-0.05, 0) is 59.3 Å². The van der Waals surface area contributed by atoms with Gasteiger partial charge in [0.25, 0.3) is 0 Å². The van der Waals surface area contributed by atoms with Crippen LogP contribution in [0.25, 0.3) is 0 Å². The number of benzene rings is 1. The Bertz CT molecular complexity index is 296. The average Bonchev–Trinajstić information content (AvgIpc) is 2.03. The van der Waals surface area contributed by atoms with Crippen LogP contribution in [0.4, 0.5) is 0 Å². The number of halogens is 1. The first-order valence-electron chi connectivity index (χ1n) is 4.21. The van der Waals surface area contributed by atoms with Crippen LogP contribution in [-0.2, 0) is 13.0 Å². The molecule has 64 valence electrons. The van der Waals surface area contributed by atoms with E-state index < -0.39 is 0 Å². The van der Waals surface area contributed by atoms with Gasteiger partial charge >= 0.3 is 0 Å². The van der Waals surface area contributed by atoms with E-state index in [1.807, 2.05) is 0 Å². The summed E-state index contributed by atoms with van der Waals surface area (Å²) in [4.78, 5) is 2.37. The second-order valence-corrected chi connectivity index (χ2v) is 4.65. The van der Waals surface area contributed by atoms with E-state index in [0.29, 0.717) is 0 Å². The predicted molar refractivity (Wildman–Crippen MR) is 59.2 cm³/mol. The van der Waals surface area contributed by atoms with Crippen LogP contribution in [0.5, 0.6) is 0 Å². The van der Waals surface area contributed by atoms with Crippen LogP contribution >= 0.6 is 22.6 Å². The molecule has 0 saturated carbocycles. The molecule has 0 spiro atoms. The maximum Gasteiger partial charge on any atom is 0.0233 e. The van der Waals surface area contributed by atoms with Crippen molar-refractivity contribution in [1.29, 1.82) is 0 Å². The lowest BCUT2D eigenvalue weighted by Gasteiger charge is -2.24. The molecule has 1 aromatic carbocycles. The van der Waals surface area contributed by atoms with Crippen molar-refractivity contribution in [3.63, 3.8) is 0 Å². The summed E-state index contributed by atoms with van der Waals surface area (Å²) in [5.74, 6) is 0. The van der Waals surface area contributed by atoms with Gasteiger partial charge < -0.3 is 4.90 Å². The summed E-state index contributed by atoms with van der Waals surface area (Å²) in [6.45, 7) is 2.32. The monoisotopic (exact) mass is 273 g/mol. The van der Waals surface area contributed by atoms with Gasteiger partial charge in [-0.3, -0.25) is 0 Å². The number of hydrogen-bond acceptors (Lipinski definition) is 1. The number of nitrogens with zero attached hydrogens (tertiary/aromatic N) is 1. The van der Waals surface area contributed by atoms with Crippen molar-refractivity contribution in [3.05, 3.63) is 32.9 Å². The third-order valence-corrected chi connectivity index (χ3v) is 3.04. The van der Waals surface area contributed by atoms with Crippen molar-refractivity contribution in [1.82, 2.24) is 4.90 Å². The lowest BCUT2D eigenvalue weighted by atomic mass is 10.0. The Balaban J connectivity index is 2.37. The first kappa shape index (κ1) is 8.51. The Morgan fingerprint density at radius 1 is 1.33 bits per heavy atom. The summed E-state index contributed by atoms with van der Waals surface area (Å²) in [5, 5.41) is 0. The van der Waals surface area contributed by atoms with Gasteiger partial charge in [-0.25, -0.2) is 0 Å². The quantitative estimate of drug-likeness (QED) is 0.655. The molecule has 0 atom stereocenters. The SMILES string of the molecule is CN1CCc2ccc(I)cc2C1. The molecule has 0 unspecified atom stereocenters. The molecule has 0 radical (unpaired) electrons. The van der Waals surface area contributed by atoms with Gasteiger partial charge in [0.15, 0.2) is 0 Å². The summed E-state index contributed by atoms with van der Waals surface area (Å²) in [6.07, 6.45) is 1.21. The van der Waals surface area contributed by atoms with E-state index in [9.17, 15) is 0 Å². The molecule has 1 nitrogen and oxygen atoms in total. The largest absolute Gasteiger partial charge is 0.302 e. The molecule has 1 aliphatic heterocycles. The van der Waals surface area contributed by atoms with Gasteiger partial charge in [0.05, 0.1) is 0 Å². The molecule has 2 rings (SSSR count). The molecular weight excluding hydrogens is 261 g/mol. The number of fused-ring (bicyclic) bond motifs is 1. The minimum absolute atomic E-state index is 1.12. The first-order chi connectivity index (χ1) is 5.75. The van der Waals surface area contributed by atoms with Crippen LogP contribution in [0.1, 0.15) is 11.1 Å². The van der Waals surface area contributed by atoms with E-state index >= 15 is 0 Å². The zero-order valence-corrected chi connectivity index (χ0v) is 9.34. The normalized spacial score (nSPS) is 17.5. The second-order valence-electron chi connectivity index (χ2n) is 3.40. The Morgan fingerprint density at radius 3 is 3.00 bits per heavy atom. The number of rotatable bonds is 0. The molecule has 0 saturated heterocycles. The summed E-state index contributed by atoms with van der Waals surface area (Å²) in [6, 6.07) is 6.76. The molecule has 0 fully saturated rings. The Hall–Kier alpha value is -0.0900. The van der Waals surface area contributed by atoms with Crippen molar-refractivity contribution in [3.8, 4) is 0 Å². The summed E-state index contributed by atoms with van der Waals surface area (Å²) in [5.41, 5.74) is 3.05. The van der Waals surface area contributed by atoms with E-state index in [1.54, 1.807) is 0 Å². The van der Waals surface area contributed by atoms with E-state index in [4.69, 9.17) is 0 Å². The summed E-state index contributed by atoms with van der Waals surface area (Å²) >= 11 is 2.37. The fourth-order valence-electron chi connectivity index (χ4n) is 1.67. The third kappa shape index (κ3) is 1.64. The van der Waals surface area contributed by atoms with Crippen LogP contribution in [0, 0.1) is 3.57 Å². The lowest BCUT2D eigenvalue weighted by molar-refractivity contribution is 0.313. The van der Waals surface area contributed by atoms with Crippen molar-refractivity contribution >= 4 is 22.6 Å². The van der Waals surface area contributed by atoms with E-state index in [0.717, 1.165) is 6.54 Å². The fourth-order valence-corrected chi connectivity index (χ4v) is 2.22. The highest BCUT2D eigenvalue weighted by Crippen LogP contribution is 2.19. The smallest absolute Gasteiger partial charge is 0.0233 e. The van der Waals surface area contributed by atoms with Crippen LogP contribution in [-0.4, -0.2) is 18.5 Å². The maximum absolute atomic E-state index is 2.37. The Labute approximate surface area is 86.9 Å². The Morgan fingerprint density at radius 2 is 2.17 bits per heavy atom. The minimum Gasteiger partial charge on any atom is -0.302 e. The van der Waals surface area contributed by atoms with Gasteiger partial charge in [0.1, 0.15) is 0 Å². The number of hydrogen-bond donors (Lipinski definition) is 0. The zero-order valence-electron chi connectivity index (χ0n) is 7.18. The second kappa shape index (κ2) is 3.34.